The lowest BCUT2D eigenvalue weighted by molar-refractivity contribution is -0.122. The van der Waals surface area contributed by atoms with E-state index in [4.69, 9.17) is 4.74 Å². The van der Waals surface area contributed by atoms with Crippen LogP contribution in [0.25, 0.3) is 10.8 Å². The van der Waals surface area contributed by atoms with Gasteiger partial charge in [0.1, 0.15) is 23.7 Å². The quantitative estimate of drug-likeness (QED) is 0.436. The number of nitrogens with zero attached hydrogens (tertiary/aromatic N) is 4. The molecule has 1 fully saturated rings. The van der Waals surface area contributed by atoms with Gasteiger partial charge in [0, 0.05) is 44.2 Å². The highest BCUT2D eigenvalue weighted by Crippen LogP contribution is 2.26. The fourth-order valence-corrected chi connectivity index (χ4v) is 4.34. The largest absolute Gasteiger partial charge is 0.480 e. The Bertz CT molecular complexity index is 1280. The number of piperazine rings is 1. The Morgan fingerprint density at radius 1 is 0.943 bits per heavy atom. The lowest BCUT2D eigenvalue weighted by atomic mass is 10.1. The number of ether oxygens (including phenoxy) is 1. The first-order valence-electron chi connectivity index (χ1n) is 11.9. The third kappa shape index (κ3) is 5.58. The average Bonchev–Trinajstić information content (AvgIpc) is 2.90. The van der Waals surface area contributed by atoms with Crippen molar-refractivity contribution >= 4 is 28.3 Å². The molecule has 4 aromatic rings. The fraction of sp³-hybridized carbons (Fsp3) is 0.250. The van der Waals surface area contributed by atoms with Crippen molar-refractivity contribution in [1.82, 2.24) is 14.9 Å². The second kappa shape index (κ2) is 10.5. The van der Waals surface area contributed by atoms with Gasteiger partial charge in [-0.2, -0.15) is 0 Å². The van der Waals surface area contributed by atoms with E-state index < -0.39 is 6.10 Å². The van der Waals surface area contributed by atoms with Gasteiger partial charge in [0.25, 0.3) is 5.91 Å². The van der Waals surface area contributed by atoms with Crippen molar-refractivity contribution in [2.45, 2.75) is 19.6 Å². The number of hydrogen-bond acceptors (Lipinski definition) is 6. The molecule has 35 heavy (non-hydrogen) atoms. The molecule has 1 atom stereocenters. The van der Waals surface area contributed by atoms with Gasteiger partial charge in [0.15, 0.2) is 6.10 Å². The molecule has 1 aliphatic rings. The number of amides is 1. The number of nitrogens with one attached hydrogen (secondary N) is 1. The monoisotopic (exact) mass is 467 g/mol. The molecule has 3 aromatic carbocycles. The van der Waals surface area contributed by atoms with Crippen LogP contribution in [-0.2, 0) is 11.3 Å². The van der Waals surface area contributed by atoms with Crippen LogP contribution < -0.4 is 15.0 Å². The van der Waals surface area contributed by atoms with Crippen LogP contribution in [0.1, 0.15) is 12.5 Å². The first-order chi connectivity index (χ1) is 17.2. The topological polar surface area (TPSA) is 70.6 Å². The minimum Gasteiger partial charge on any atom is -0.480 e. The molecule has 1 amide bonds. The highest BCUT2D eigenvalue weighted by atomic mass is 16.5. The lowest BCUT2D eigenvalue weighted by Crippen LogP contribution is -2.46. The zero-order valence-electron chi connectivity index (χ0n) is 19.8. The van der Waals surface area contributed by atoms with E-state index in [1.54, 1.807) is 6.92 Å². The van der Waals surface area contributed by atoms with Crippen molar-refractivity contribution in [2.24, 2.45) is 0 Å². The summed E-state index contributed by atoms with van der Waals surface area (Å²) in [7, 11) is 0. The molecule has 0 bridgehead atoms. The Kier molecular flexibility index (Phi) is 6.86. The zero-order valence-corrected chi connectivity index (χ0v) is 19.8. The van der Waals surface area contributed by atoms with Gasteiger partial charge in [-0.05, 0) is 23.9 Å². The predicted octanol–water partition coefficient (Wildman–Crippen LogP) is 4.36. The molecule has 1 unspecified atom stereocenters. The summed E-state index contributed by atoms with van der Waals surface area (Å²) in [6, 6.07) is 26.2. The van der Waals surface area contributed by atoms with Crippen molar-refractivity contribution in [3.05, 3.63) is 90.8 Å². The van der Waals surface area contributed by atoms with E-state index >= 15 is 0 Å². The Morgan fingerprint density at radius 2 is 1.69 bits per heavy atom. The summed E-state index contributed by atoms with van der Waals surface area (Å²) in [5.74, 6) is 1.72. The number of benzene rings is 3. The third-order valence-corrected chi connectivity index (χ3v) is 6.27. The smallest absolute Gasteiger partial charge is 0.266 e. The number of carbonyl (C=O) groups is 1. The molecule has 0 aliphatic carbocycles. The van der Waals surface area contributed by atoms with E-state index in [1.807, 2.05) is 54.6 Å². The lowest BCUT2D eigenvalue weighted by Gasteiger charge is -2.35. The van der Waals surface area contributed by atoms with E-state index in [-0.39, 0.29) is 5.91 Å². The first kappa shape index (κ1) is 22.8. The van der Waals surface area contributed by atoms with Gasteiger partial charge < -0.3 is 15.0 Å². The Hall–Kier alpha value is -3.97. The zero-order chi connectivity index (χ0) is 24.0. The van der Waals surface area contributed by atoms with Gasteiger partial charge in [-0.25, -0.2) is 9.97 Å². The summed E-state index contributed by atoms with van der Waals surface area (Å²) in [6.07, 6.45) is 0.818. The summed E-state index contributed by atoms with van der Waals surface area (Å²) in [5, 5.41) is 4.93. The molecule has 0 radical (unpaired) electrons. The number of anilines is 2. The SMILES string of the molecule is CC(Oc1cccc2ccccc12)C(=O)Nc1cc(N2CCN(Cc3ccccc3)CC2)ncn1. The molecular formula is C28H29N5O2. The van der Waals surface area contributed by atoms with Gasteiger partial charge in [0.2, 0.25) is 0 Å². The summed E-state index contributed by atoms with van der Waals surface area (Å²) in [6.45, 7) is 6.35. The standard InChI is InChI=1S/C28H29N5O2/c1-21(35-25-13-7-11-23-10-5-6-12-24(23)25)28(34)31-26-18-27(30-20-29-26)33-16-14-32(15-17-33)19-22-8-3-2-4-9-22/h2-13,18,20-21H,14-17,19H2,1H3,(H,29,30,31,34). The molecule has 1 N–H and O–H groups in total. The minimum atomic E-state index is -0.680. The molecule has 0 saturated carbocycles. The molecule has 0 spiro atoms. The van der Waals surface area contributed by atoms with E-state index in [0.717, 1.165) is 49.3 Å². The van der Waals surface area contributed by atoms with Gasteiger partial charge in [-0.15, -0.1) is 0 Å². The van der Waals surface area contributed by atoms with Crippen LogP contribution in [0.15, 0.2) is 85.2 Å². The minimum absolute atomic E-state index is 0.254. The van der Waals surface area contributed by atoms with Crippen LogP contribution in [-0.4, -0.2) is 53.1 Å². The second-order valence-electron chi connectivity index (χ2n) is 8.74. The number of fused-ring (bicyclic) bond motifs is 1. The van der Waals surface area contributed by atoms with Crippen molar-refractivity contribution in [2.75, 3.05) is 36.4 Å². The molecular weight excluding hydrogens is 438 g/mol. The summed E-state index contributed by atoms with van der Waals surface area (Å²) in [5.41, 5.74) is 1.33. The maximum absolute atomic E-state index is 12.8. The summed E-state index contributed by atoms with van der Waals surface area (Å²) < 4.78 is 6.00. The highest BCUT2D eigenvalue weighted by Gasteiger charge is 2.20. The van der Waals surface area contributed by atoms with E-state index in [2.05, 4.69) is 49.4 Å². The van der Waals surface area contributed by atoms with Crippen molar-refractivity contribution in [3.8, 4) is 5.75 Å². The Labute approximate surface area is 205 Å². The highest BCUT2D eigenvalue weighted by molar-refractivity contribution is 5.94. The van der Waals surface area contributed by atoms with Crippen molar-refractivity contribution in [3.63, 3.8) is 0 Å². The molecule has 5 rings (SSSR count). The number of aromatic nitrogens is 2. The van der Waals surface area contributed by atoms with Crippen LogP contribution >= 0.6 is 0 Å². The van der Waals surface area contributed by atoms with E-state index in [1.165, 1.54) is 11.9 Å². The van der Waals surface area contributed by atoms with E-state index in [9.17, 15) is 4.79 Å². The Morgan fingerprint density at radius 3 is 2.51 bits per heavy atom. The third-order valence-electron chi connectivity index (χ3n) is 6.27. The van der Waals surface area contributed by atoms with Gasteiger partial charge in [-0.1, -0.05) is 66.7 Å². The summed E-state index contributed by atoms with van der Waals surface area (Å²) in [4.78, 5) is 26.2. The van der Waals surface area contributed by atoms with Gasteiger partial charge in [0.05, 0.1) is 0 Å². The predicted molar refractivity (Wildman–Crippen MR) is 139 cm³/mol. The van der Waals surface area contributed by atoms with E-state index in [0.29, 0.717) is 11.6 Å². The van der Waals surface area contributed by atoms with Crippen molar-refractivity contribution < 1.29 is 9.53 Å². The molecule has 1 aliphatic heterocycles. The molecule has 1 saturated heterocycles. The van der Waals surface area contributed by atoms with Gasteiger partial charge >= 0.3 is 0 Å². The number of carbonyl (C=O) groups excluding carboxylic acids is 1. The molecule has 1 aromatic heterocycles. The van der Waals surface area contributed by atoms with Crippen LogP contribution in [0.2, 0.25) is 0 Å². The first-order valence-corrected chi connectivity index (χ1v) is 11.9. The fourth-order valence-electron chi connectivity index (χ4n) is 4.34. The van der Waals surface area contributed by atoms with Crippen LogP contribution in [0, 0.1) is 0 Å². The average molecular weight is 468 g/mol. The van der Waals surface area contributed by atoms with Crippen LogP contribution in [0.4, 0.5) is 11.6 Å². The van der Waals surface area contributed by atoms with Crippen molar-refractivity contribution in [1.29, 1.82) is 0 Å². The number of hydrogen-bond donors (Lipinski definition) is 1. The second-order valence-corrected chi connectivity index (χ2v) is 8.74. The van der Waals surface area contributed by atoms with Crippen LogP contribution in [0.5, 0.6) is 5.75 Å². The van der Waals surface area contributed by atoms with Gasteiger partial charge in [-0.3, -0.25) is 9.69 Å². The molecule has 2 heterocycles. The maximum atomic E-state index is 12.8. The maximum Gasteiger partial charge on any atom is 0.266 e. The van der Waals surface area contributed by atoms with Crippen LogP contribution in [0.3, 0.4) is 0 Å². The summed E-state index contributed by atoms with van der Waals surface area (Å²) >= 11 is 0. The normalized spacial score (nSPS) is 15.1. The molecule has 178 valence electrons. The number of rotatable bonds is 7. The Balaban J connectivity index is 1.18. The molecule has 7 nitrogen and oxygen atoms in total. The molecule has 7 heteroatoms.